The maximum absolute atomic E-state index is 13.1. The van der Waals surface area contributed by atoms with Crippen LogP contribution in [-0.4, -0.2) is 48.0 Å². The first-order valence-electron chi connectivity index (χ1n) is 10.4. The SMILES string of the molecule is CCOC(=O)[C@]1(Cc2cccc(OC)c2)CCCN(Cc2cccc3nonc23)C1. The summed E-state index contributed by atoms with van der Waals surface area (Å²) in [6, 6.07) is 13.8. The number of hydrogen-bond acceptors (Lipinski definition) is 7. The first-order valence-corrected chi connectivity index (χ1v) is 10.4. The van der Waals surface area contributed by atoms with Crippen molar-refractivity contribution in [2.45, 2.75) is 32.7 Å². The van der Waals surface area contributed by atoms with Gasteiger partial charge in [0, 0.05) is 13.1 Å². The van der Waals surface area contributed by atoms with Gasteiger partial charge in [-0.1, -0.05) is 24.3 Å². The summed E-state index contributed by atoms with van der Waals surface area (Å²) in [7, 11) is 1.65. The molecule has 1 fully saturated rings. The highest BCUT2D eigenvalue weighted by Crippen LogP contribution is 2.37. The Kier molecular flexibility index (Phi) is 5.99. The number of nitrogens with zero attached hydrogens (tertiary/aromatic N) is 3. The molecule has 1 aliphatic heterocycles. The number of piperidine rings is 1. The average Bonchev–Trinajstić information content (AvgIpc) is 3.24. The lowest BCUT2D eigenvalue weighted by Crippen LogP contribution is -2.49. The molecule has 1 atom stereocenters. The number of likely N-dealkylation sites (tertiary alicyclic amines) is 1. The van der Waals surface area contributed by atoms with Crippen LogP contribution in [0.4, 0.5) is 0 Å². The normalized spacial score (nSPS) is 19.7. The predicted octanol–water partition coefficient (Wildman–Crippen LogP) is 3.62. The lowest BCUT2D eigenvalue weighted by molar-refractivity contribution is -0.159. The molecular weight excluding hydrogens is 382 g/mol. The molecule has 1 saturated heterocycles. The summed E-state index contributed by atoms with van der Waals surface area (Å²) in [6.07, 6.45) is 2.35. The van der Waals surface area contributed by atoms with Crippen molar-refractivity contribution in [3.05, 3.63) is 53.6 Å². The van der Waals surface area contributed by atoms with Crippen molar-refractivity contribution in [3.63, 3.8) is 0 Å². The summed E-state index contributed by atoms with van der Waals surface area (Å²) in [5, 5.41) is 7.99. The molecule has 4 rings (SSSR count). The zero-order valence-electron chi connectivity index (χ0n) is 17.5. The third kappa shape index (κ3) is 4.16. The fraction of sp³-hybridized carbons (Fsp3) is 0.435. The zero-order chi connectivity index (χ0) is 21.0. The molecule has 158 valence electrons. The van der Waals surface area contributed by atoms with Crippen LogP contribution in [0.3, 0.4) is 0 Å². The molecular formula is C23H27N3O4. The van der Waals surface area contributed by atoms with Crippen molar-refractivity contribution >= 4 is 17.0 Å². The highest BCUT2D eigenvalue weighted by Gasteiger charge is 2.43. The predicted molar refractivity (Wildman–Crippen MR) is 112 cm³/mol. The third-order valence-electron chi connectivity index (χ3n) is 5.80. The second-order valence-electron chi connectivity index (χ2n) is 7.89. The van der Waals surface area contributed by atoms with Gasteiger partial charge in [-0.05, 0) is 72.4 Å². The summed E-state index contributed by atoms with van der Waals surface area (Å²) in [5.41, 5.74) is 3.06. The molecule has 7 nitrogen and oxygen atoms in total. The Morgan fingerprint density at radius 3 is 2.93 bits per heavy atom. The van der Waals surface area contributed by atoms with Crippen molar-refractivity contribution in [2.24, 2.45) is 5.41 Å². The molecule has 0 unspecified atom stereocenters. The number of carbonyl (C=O) groups is 1. The molecule has 1 aliphatic rings. The maximum atomic E-state index is 13.1. The van der Waals surface area contributed by atoms with E-state index in [9.17, 15) is 4.79 Å². The minimum Gasteiger partial charge on any atom is -0.497 e. The van der Waals surface area contributed by atoms with E-state index in [0.717, 1.165) is 47.3 Å². The first-order chi connectivity index (χ1) is 14.6. The van der Waals surface area contributed by atoms with Gasteiger partial charge < -0.3 is 9.47 Å². The number of carbonyl (C=O) groups excluding carboxylic acids is 1. The van der Waals surface area contributed by atoms with Crippen molar-refractivity contribution in [3.8, 4) is 5.75 Å². The lowest BCUT2D eigenvalue weighted by Gasteiger charge is -2.41. The van der Waals surface area contributed by atoms with Crippen LogP contribution < -0.4 is 4.74 Å². The monoisotopic (exact) mass is 409 g/mol. The standard InChI is InChI=1S/C23H27N3O4/c1-3-29-22(27)23(14-17-7-4-9-19(13-17)28-2)11-6-12-26(16-23)15-18-8-5-10-20-21(18)25-30-24-20/h4-5,7-10,13H,3,6,11-12,14-16H2,1-2H3/t23-/m0/s1. The molecule has 7 heteroatoms. The number of aromatic nitrogens is 2. The van der Waals surface area contributed by atoms with Crippen LogP contribution in [0.25, 0.3) is 11.0 Å². The molecule has 2 aromatic carbocycles. The van der Waals surface area contributed by atoms with E-state index in [1.165, 1.54) is 0 Å². The topological polar surface area (TPSA) is 77.7 Å². The molecule has 30 heavy (non-hydrogen) atoms. The van der Waals surface area contributed by atoms with Crippen molar-refractivity contribution in [1.82, 2.24) is 15.2 Å². The van der Waals surface area contributed by atoms with Crippen molar-refractivity contribution < 1.29 is 18.9 Å². The van der Waals surface area contributed by atoms with Gasteiger partial charge in [0.15, 0.2) is 0 Å². The number of benzene rings is 2. The van der Waals surface area contributed by atoms with E-state index in [0.29, 0.717) is 26.1 Å². The van der Waals surface area contributed by atoms with E-state index in [-0.39, 0.29) is 5.97 Å². The average molecular weight is 409 g/mol. The molecule has 0 N–H and O–H groups in total. The van der Waals surface area contributed by atoms with Gasteiger partial charge in [-0.15, -0.1) is 0 Å². The van der Waals surface area contributed by atoms with Gasteiger partial charge in [-0.2, -0.15) is 0 Å². The second kappa shape index (κ2) is 8.83. The van der Waals surface area contributed by atoms with Gasteiger partial charge in [-0.25, -0.2) is 4.63 Å². The molecule has 0 aliphatic carbocycles. The van der Waals surface area contributed by atoms with Crippen molar-refractivity contribution in [2.75, 3.05) is 26.8 Å². The summed E-state index contributed by atoms with van der Waals surface area (Å²) in [5.74, 6) is 0.670. The number of hydrogen-bond donors (Lipinski definition) is 0. The van der Waals surface area contributed by atoms with Gasteiger partial charge in [-0.3, -0.25) is 9.69 Å². The van der Waals surface area contributed by atoms with Crippen LogP contribution in [-0.2, 0) is 22.5 Å². The molecule has 3 aromatic rings. The van der Waals surface area contributed by atoms with Gasteiger partial charge >= 0.3 is 5.97 Å². The maximum Gasteiger partial charge on any atom is 0.313 e. The van der Waals surface area contributed by atoms with E-state index in [1.54, 1.807) is 7.11 Å². The highest BCUT2D eigenvalue weighted by atomic mass is 16.6. The highest BCUT2D eigenvalue weighted by molar-refractivity contribution is 5.78. The van der Waals surface area contributed by atoms with Gasteiger partial charge in [0.05, 0.1) is 19.1 Å². The Bertz CT molecular complexity index is 1020. The number of esters is 1. The Morgan fingerprint density at radius 2 is 2.10 bits per heavy atom. The molecule has 2 heterocycles. The largest absolute Gasteiger partial charge is 0.497 e. The Hall–Kier alpha value is -2.93. The Morgan fingerprint density at radius 1 is 1.23 bits per heavy atom. The lowest BCUT2D eigenvalue weighted by atomic mass is 9.75. The van der Waals surface area contributed by atoms with Gasteiger partial charge in [0.2, 0.25) is 0 Å². The molecule has 0 saturated carbocycles. The van der Waals surface area contributed by atoms with Crippen LogP contribution in [0.5, 0.6) is 5.75 Å². The van der Waals surface area contributed by atoms with Gasteiger partial charge in [0.1, 0.15) is 16.8 Å². The van der Waals surface area contributed by atoms with Crippen molar-refractivity contribution in [1.29, 1.82) is 0 Å². The quantitative estimate of drug-likeness (QED) is 0.552. The first kappa shape index (κ1) is 20.3. The van der Waals surface area contributed by atoms with Crippen LogP contribution in [0.1, 0.15) is 30.9 Å². The van der Waals surface area contributed by atoms with E-state index in [2.05, 4.69) is 15.2 Å². The third-order valence-corrected chi connectivity index (χ3v) is 5.80. The van der Waals surface area contributed by atoms with Crippen LogP contribution >= 0.6 is 0 Å². The fourth-order valence-corrected chi connectivity index (χ4v) is 4.43. The molecule has 0 radical (unpaired) electrons. The van der Waals surface area contributed by atoms with E-state index in [1.807, 2.05) is 49.4 Å². The molecule has 0 bridgehead atoms. The second-order valence-corrected chi connectivity index (χ2v) is 7.89. The number of ether oxygens (including phenoxy) is 2. The molecule has 0 amide bonds. The number of methoxy groups -OCH3 is 1. The Balaban J connectivity index is 1.59. The zero-order valence-corrected chi connectivity index (χ0v) is 17.5. The van der Waals surface area contributed by atoms with Gasteiger partial charge in [0.25, 0.3) is 0 Å². The molecule has 0 spiro atoms. The molecule has 1 aromatic heterocycles. The minimum absolute atomic E-state index is 0.126. The number of rotatable bonds is 7. The van der Waals surface area contributed by atoms with E-state index in [4.69, 9.17) is 14.1 Å². The van der Waals surface area contributed by atoms with Crippen LogP contribution in [0.15, 0.2) is 47.1 Å². The summed E-state index contributed by atoms with van der Waals surface area (Å²) < 4.78 is 15.8. The van der Waals surface area contributed by atoms with Crippen LogP contribution in [0, 0.1) is 5.41 Å². The number of fused-ring (bicyclic) bond motifs is 1. The smallest absolute Gasteiger partial charge is 0.313 e. The van der Waals surface area contributed by atoms with E-state index >= 15 is 0 Å². The summed E-state index contributed by atoms with van der Waals surface area (Å²) in [6.45, 7) is 4.47. The Labute approximate surface area is 175 Å². The summed E-state index contributed by atoms with van der Waals surface area (Å²) in [4.78, 5) is 15.4. The van der Waals surface area contributed by atoms with E-state index < -0.39 is 5.41 Å². The fourth-order valence-electron chi connectivity index (χ4n) is 4.43. The van der Waals surface area contributed by atoms with Crippen LogP contribution in [0.2, 0.25) is 0 Å². The minimum atomic E-state index is -0.587. The summed E-state index contributed by atoms with van der Waals surface area (Å²) >= 11 is 0.